The smallest absolute Gasteiger partial charge is 0.136 e. The van der Waals surface area contributed by atoms with Crippen LogP contribution in [0.4, 0.5) is 0 Å². The van der Waals surface area contributed by atoms with E-state index in [0.29, 0.717) is 0 Å². The van der Waals surface area contributed by atoms with Crippen molar-refractivity contribution in [3.63, 3.8) is 0 Å². The predicted octanol–water partition coefficient (Wildman–Crippen LogP) is 15.6. The van der Waals surface area contributed by atoms with Crippen molar-refractivity contribution in [2.75, 3.05) is 0 Å². The summed E-state index contributed by atoms with van der Waals surface area (Å²) in [5.41, 5.74) is 9.38. The molecule has 0 unspecified atom stereocenters. The van der Waals surface area contributed by atoms with Crippen LogP contribution in [0.25, 0.3) is 119 Å². The second-order valence-corrected chi connectivity index (χ2v) is 15.4. The minimum absolute atomic E-state index is 0.940. The van der Waals surface area contributed by atoms with E-state index in [1.54, 1.807) is 0 Å². The fourth-order valence-corrected chi connectivity index (χ4v) is 10.2. The molecule has 0 saturated heterocycles. The molecule has 12 aromatic rings. The molecule has 12 rings (SSSR count). The van der Waals surface area contributed by atoms with Gasteiger partial charge in [-0.25, -0.2) is 0 Å². The highest BCUT2D eigenvalue weighted by Crippen LogP contribution is 2.48. The zero-order chi connectivity index (χ0) is 35.3. The van der Waals surface area contributed by atoms with Crippen LogP contribution in [0, 0.1) is 0 Å². The maximum absolute atomic E-state index is 6.46. The first kappa shape index (κ1) is 29.8. The minimum Gasteiger partial charge on any atom is -0.456 e. The predicted molar refractivity (Wildman–Crippen MR) is 233 cm³/mol. The third kappa shape index (κ3) is 4.32. The molecule has 1 nitrogen and oxygen atoms in total. The Bertz CT molecular complexity index is 3440. The molecule has 0 saturated carbocycles. The zero-order valence-corrected chi connectivity index (χ0v) is 30.0. The van der Waals surface area contributed by atoms with Gasteiger partial charge in [0, 0.05) is 30.9 Å². The van der Waals surface area contributed by atoms with Crippen molar-refractivity contribution in [3.05, 3.63) is 182 Å². The van der Waals surface area contributed by atoms with E-state index in [4.69, 9.17) is 4.42 Å². The summed E-state index contributed by atoms with van der Waals surface area (Å²) in [7, 11) is 0. The Labute approximate surface area is 314 Å². The van der Waals surface area contributed by atoms with E-state index in [9.17, 15) is 0 Å². The first-order valence-corrected chi connectivity index (χ1v) is 19.3. The van der Waals surface area contributed by atoms with Crippen molar-refractivity contribution >= 4 is 96.5 Å². The van der Waals surface area contributed by atoms with Crippen LogP contribution in [-0.2, 0) is 0 Å². The van der Waals surface area contributed by atoms with Gasteiger partial charge in [0.05, 0.1) is 0 Å². The van der Waals surface area contributed by atoms with E-state index in [1.807, 2.05) is 11.3 Å². The number of rotatable bonds is 3. The quantitative estimate of drug-likeness (QED) is 0.167. The lowest BCUT2D eigenvalue weighted by molar-refractivity contribution is 0.669. The molecule has 10 aromatic carbocycles. The first-order chi connectivity index (χ1) is 26.8. The molecular weight excluding hydrogens is 673 g/mol. The SMILES string of the molecule is c1ccc(-c2ccc3cc(-c4c5ccccc5c(-c5ccc6sc7c(ccc8oc9ccc%10ccccc%10c9c87)c6c5)c5ccccc45)ccc3c2)cc1. The molecule has 0 aliphatic rings. The minimum atomic E-state index is 0.940. The molecule has 2 heteroatoms. The topological polar surface area (TPSA) is 13.1 Å². The lowest BCUT2D eigenvalue weighted by Gasteiger charge is -2.18. The summed E-state index contributed by atoms with van der Waals surface area (Å²) in [6.45, 7) is 0. The lowest BCUT2D eigenvalue weighted by atomic mass is 9.85. The van der Waals surface area contributed by atoms with Crippen molar-refractivity contribution in [3.8, 4) is 33.4 Å². The van der Waals surface area contributed by atoms with E-state index in [-0.39, 0.29) is 0 Å². The van der Waals surface area contributed by atoms with Gasteiger partial charge in [-0.3, -0.25) is 0 Å². The highest BCUT2D eigenvalue weighted by molar-refractivity contribution is 7.26. The normalized spacial score (nSPS) is 12.1. The molecular formula is C52H30OS. The molecule has 0 bridgehead atoms. The van der Waals surface area contributed by atoms with Crippen molar-refractivity contribution < 1.29 is 4.42 Å². The van der Waals surface area contributed by atoms with Gasteiger partial charge in [-0.05, 0) is 119 Å². The zero-order valence-electron chi connectivity index (χ0n) is 29.1. The molecule has 0 aliphatic carbocycles. The largest absolute Gasteiger partial charge is 0.456 e. The summed E-state index contributed by atoms with van der Waals surface area (Å²) in [4.78, 5) is 0. The fraction of sp³-hybridized carbons (Fsp3) is 0. The van der Waals surface area contributed by atoms with Crippen LogP contribution in [0.2, 0.25) is 0 Å². The number of thiophene rings is 1. The Balaban J connectivity index is 1.08. The van der Waals surface area contributed by atoms with Crippen LogP contribution in [-0.4, -0.2) is 0 Å². The molecule has 0 spiro atoms. The summed E-state index contributed by atoms with van der Waals surface area (Å²) in [6.07, 6.45) is 0. The van der Waals surface area contributed by atoms with Gasteiger partial charge in [-0.1, -0.05) is 140 Å². The maximum atomic E-state index is 6.46. The molecule has 0 amide bonds. The molecule has 0 N–H and O–H groups in total. The Morgan fingerprint density at radius 2 is 0.852 bits per heavy atom. The molecule has 250 valence electrons. The Hall–Kier alpha value is -6.74. The van der Waals surface area contributed by atoms with E-state index in [1.165, 1.54) is 107 Å². The van der Waals surface area contributed by atoms with Crippen LogP contribution < -0.4 is 0 Å². The molecule has 0 fully saturated rings. The molecule has 0 aliphatic heterocycles. The van der Waals surface area contributed by atoms with Crippen LogP contribution in [0.1, 0.15) is 0 Å². The number of hydrogen-bond acceptors (Lipinski definition) is 2. The summed E-state index contributed by atoms with van der Waals surface area (Å²) < 4.78 is 9.02. The van der Waals surface area contributed by atoms with Crippen LogP contribution in [0.5, 0.6) is 0 Å². The summed E-state index contributed by atoms with van der Waals surface area (Å²) >= 11 is 1.87. The Kier molecular flexibility index (Phi) is 6.28. The third-order valence-electron chi connectivity index (χ3n) is 11.4. The summed E-state index contributed by atoms with van der Waals surface area (Å²) in [5, 5.41) is 15.0. The van der Waals surface area contributed by atoms with Crippen LogP contribution >= 0.6 is 11.3 Å². The third-order valence-corrected chi connectivity index (χ3v) is 12.6. The van der Waals surface area contributed by atoms with Gasteiger partial charge < -0.3 is 4.42 Å². The number of hydrogen-bond donors (Lipinski definition) is 0. The summed E-state index contributed by atoms with van der Waals surface area (Å²) in [5.74, 6) is 0. The average Bonchev–Trinajstić information content (AvgIpc) is 3.81. The second kappa shape index (κ2) is 11.4. The standard InChI is InChI=1S/C52H30OS/c1-2-10-31(11-3-1)33-18-19-35-29-36(21-20-34(35)28-33)48-39-14-6-8-16-41(39)49(42-17-9-7-15-40(42)48)37-23-27-47-44(30-37)43-24-26-46-51(52(43)54-47)50-38-13-5-4-12-32(38)22-25-45(50)53-46/h1-30H. The molecule has 0 radical (unpaired) electrons. The highest BCUT2D eigenvalue weighted by atomic mass is 32.1. The second-order valence-electron chi connectivity index (χ2n) is 14.4. The number of fused-ring (bicyclic) bond motifs is 12. The van der Waals surface area contributed by atoms with Gasteiger partial charge in [-0.2, -0.15) is 0 Å². The molecule has 0 atom stereocenters. The fourth-order valence-electron chi connectivity index (χ4n) is 8.97. The van der Waals surface area contributed by atoms with Gasteiger partial charge >= 0.3 is 0 Å². The van der Waals surface area contributed by atoms with Gasteiger partial charge in [0.25, 0.3) is 0 Å². The molecule has 2 aromatic heterocycles. The number of furan rings is 1. The van der Waals surface area contributed by atoms with Crippen LogP contribution in [0.3, 0.4) is 0 Å². The Morgan fingerprint density at radius 3 is 1.57 bits per heavy atom. The van der Waals surface area contributed by atoms with E-state index < -0.39 is 0 Å². The van der Waals surface area contributed by atoms with Gasteiger partial charge in [0.2, 0.25) is 0 Å². The lowest BCUT2D eigenvalue weighted by Crippen LogP contribution is -1.91. The number of benzene rings is 10. The van der Waals surface area contributed by atoms with Gasteiger partial charge in [0.1, 0.15) is 11.2 Å². The van der Waals surface area contributed by atoms with Gasteiger partial charge in [-0.15, -0.1) is 11.3 Å². The van der Waals surface area contributed by atoms with E-state index in [2.05, 4.69) is 182 Å². The van der Waals surface area contributed by atoms with Gasteiger partial charge in [0.15, 0.2) is 0 Å². The monoisotopic (exact) mass is 702 g/mol. The summed E-state index contributed by atoms with van der Waals surface area (Å²) in [6, 6.07) is 66.7. The highest BCUT2D eigenvalue weighted by Gasteiger charge is 2.20. The molecule has 2 heterocycles. The van der Waals surface area contributed by atoms with Crippen molar-refractivity contribution in [1.82, 2.24) is 0 Å². The van der Waals surface area contributed by atoms with Crippen molar-refractivity contribution in [1.29, 1.82) is 0 Å². The van der Waals surface area contributed by atoms with Crippen molar-refractivity contribution in [2.45, 2.75) is 0 Å². The average molecular weight is 703 g/mol. The first-order valence-electron chi connectivity index (χ1n) is 18.5. The Morgan fingerprint density at radius 1 is 0.315 bits per heavy atom. The van der Waals surface area contributed by atoms with E-state index >= 15 is 0 Å². The maximum Gasteiger partial charge on any atom is 0.136 e. The molecule has 54 heavy (non-hydrogen) atoms. The van der Waals surface area contributed by atoms with E-state index in [0.717, 1.165) is 11.2 Å². The van der Waals surface area contributed by atoms with Crippen molar-refractivity contribution in [2.24, 2.45) is 0 Å². The van der Waals surface area contributed by atoms with Crippen LogP contribution in [0.15, 0.2) is 186 Å².